The first-order valence-corrected chi connectivity index (χ1v) is 6.90. The van der Waals surface area contributed by atoms with Crippen molar-refractivity contribution in [1.29, 1.82) is 0 Å². The first kappa shape index (κ1) is 15.5. The van der Waals surface area contributed by atoms with Crippen LogP contribution in [0.2, 0.25) is 0 Å². The maximum absolute atomic E-state index is 9.63. The lowest BCUT2D eigenvalue weighted by Crippen LogP contribution is -2.28. The van der Waals surface area contributed by atoms with Gasteiger partial charge in [0.25, 0.3) is 0 Å². The molecule has 1 unspecified atom stereocenters. The van der Waals surface area contributed by atoms with E-state index in [0.29, 0.717) is 19.6 Å². The summed E-state index contributed by atoms with van der Waals surface area (Å²) in [6.45, 7) is 7.03. The third kappa shape index (κ3) is 5.85. The molecule has 0 bridgehead atoms. The Morgan fingerprint density at radius 3 is 2.44 bits per heavy atom. The van der Waals surface area contributed by atoms with Crippen LogP contribution in [-0.4, -0.2) is 24.6 Å². The van der Waals surface area contributed by atoms with Crippen LogP contribution in [0, 0.1) is 5.41 Å². The zero-order valence-electron chi connectivity index (χ0n) is 11.1. The lowest BCUT2D eigenvalue weighted by Gasteiger charge is -2.27. The Kier molecular flexibility index (Phi) is 6.12. The zero-order chi connectivity index (χ0) is 13.6. The van der Waals surface area contributed by atoms with Crippen LogP contribution in [0.15, 0.2) is 28.7 Å². The number of ether oxygens (including phenoxy) is 2. The lowest BCUT2D eigenvalue weighted by molar-refractivity contribution is -0.119. The third-order valence-electron chi connectivity index (χ3n) is 2.53. The highest BCUT2D eigenvalue weighted by molar-refractivity contribution is 9.10. The van der Waals surface area contributed by atoms with Crippen LogP contribution >= 0.6 is 15.9 Å². The van der Waals surface area contributed by atoms with Gasteiger partial charge in [0.15, 0.2) is 6.29 Å². The molecule has 1 atom stereocenters. The molecule has 0 aliphatic carbocycles. The molecule has 0 aliphatic heterocycles. The van der Waals surface area contributed by atoms with E-state index in [1.807, 2.05) is 45.0 Å². The fourth-order valence-electron chi connectivity index (χ4n) is 1.59. The average Bonchev–Trinajstić information content (AvgIpc) is 2.28. The van der Waals surface area contributed by atoms with Gasteiger partial charge in [-0.3, -0.25) is 0 Å². The van der Waals surface area contributed by atoms with Gasteiger partial charge in [-0.25, -0.2) is 0 Å². The minimum Gasteiger partial charge on any atom is -0.493 e. The van der Waals surface area contributed by atoms with Crippen molar-refractivity contribution in [1.82, 2.24) is 0 Å². The second-order valence-electron chi connectivity index (χ2n) is 5.02. The van der Waals surface area contributed by atoms with Crippen LogP contribution in [0.3, 0.4) is 0 Å². The highest BCUT2D eigenvalue weighted by atomic mass is 79.9. The summed E-state index contributed by atoms with van der Waals surface area (Å²) < 4.78 is 11.9. The highest BCUT2D eigenvalue weighted by Crippen LogP contribution is 2.25. The maximum atomic E-state index is 9.63. The van der Waals surface area contributed by atoms with E-state index in [1.165, 1.54) is 0 Å². The number of halogens is 1. The fraction of sp³-hybridized carbons (Fsp3) is 0.571. The fourth-order valence-corrected chi connectivity index (χ4v) is 1.86. The first-order chi connectivity index (χ1) is 8.43. The van der Waals surface area contributed by atoms with Gasteiger partial charge in [0.05, 0.1) is 6.61 Å². The molecule has 0 saturated heterocycles. The van der Waals surface area contributed by atoms with E-state index >= 15 is 0 Å². The Balaban J connectivity index is 2.43. The molecule has 0 amide bonds. The molecule has 1 rings (SSSR count). The molecule has 1 N–H and O–H groups in total. The summed E-state index contributed by atoms with van der Waals surface area (Å²) in [6.07, 6.45) is -0.171. The number of rotatable bonds is 7. The Morgan fingerprint density at radius 1 is 1.28 bits per heavy atom. The summed E-state index contributed by atoms with van der Waals surface area (Å²) in [5.41, 5.74) is -0.137. The van der Waals surface area contributed by atoms with Crippen LogP contribution < -0.4 is 4.74 Å². The smallest absolute Gasteiger partial charge is 0.155 e. The summed E-state index contributed by atoms with van der Waals surface area (Å²) in [5.74, 6) is 0.831. The van der Waals surface area contributed by atoms with Crippen molar-refractivity contribution in [2.24, 2.45) is 5.41 Å². The van der Waals surface area contributed by atoms with E-state index < -0.39 is 6.29 Å². The van der Waals surface area contributed by atoms with Gasteiger partial charge in [-0.05, 0) is 31.2 Å². The molecule has 0 saturated carbocycles. The van der Waals surface area contributed by atoms with Gasteiger partial charge in [-0.15, -0.1) is 0 Å². The quantitative estimate of drug-likeness (QED) is 0.781. The van der Waals surface area contributed by atoms with Crippen LogP contribution in [-0.2, 0) is 4.74 Å². The maximum Gasteiger partial charge on any atom is 0.155 e. The van der Waals surface area contributed by atoms with Gasteiger partial charge in [-0.2, -0.15) is 0 Å². The molecule has 0 fully saturated rings. The molecule has 0 aromatic heterocycles. The summed E-state index contributed by atoms with van der Waals surface area (Å²) in [4.78, 5) is 0. The molecule has 0 heterocycles. The van der Waals surface area contributed by atoms with E-state index in [0.717, 1.165) is 10.2 Å². The van der Waals surface area contributed by atoms with E-state index in [4.69, 9.17) is 9.47 Å². The molecule has 0 spiro atoms. The predicted octanol–water partition coefficient (Wildman–Crippen LogP) is 3.60. The van der Waals surface area contributed by atoms with Crippen molar-refractivity contribution in [3.05, 3.63) is 28.7 Å². The lowest BCUT2D eigenvalue weighted by atomic mass is 9.90. The summed E-state index contributed by atoms with van der Waals surface area (Å²) in [5, 5.41) is 9.63. The normalized spacial score (nSPS) is 13.4. The summed E-state index contributed by atoms with van der Waals surface area (Å²) >= 11 is 3.38. The van der Waals surface area contributed by atoms with E-state index in [9.17, 15) is 5.11 Å². The Labute approximate surface area is 117 Å². The van der Waals surface area contributed by atoms with Gasteiger partial charge in [0.1, 0.15) is 5.75 Å². The number of hydrogen-bond acceptors (Lipinski definition) is 3. The van der Waals surface area contributed by atoms with Gasteiger partial charge in [-0.1, -0.05) is 29.8 Å². The second kappa shape index (κ2) is 7.12. The molecular formula is C14H21BrO3. The number of aliphatic hydroxyl groups excluding tert-OH is 1. The van der Waals surface area contributed by atoms with Gasteiger partial charge < -0.3 is 14.6 Å². The molecule has 1 aromatic rings. The van der Waals surface area contributed by atoms with Gasteiger partial charge in [0, 0.05) is 22.9 Å². The summed E-state index contributed by atoms with van der Waals surface area (Å²) in [7, 11) is 0. The van der Waals surface area contributed by atoms with Crippen LogP contribution in [0.5, 0.6) is 5.75 Å². The molecule has 0 aliphatic rings. The van der Waals surface area contributed by atoms with Crippen molar-refractivity contribution >= 4 is 15.9 Å². The summed E-state index contributed by atoms with van der Waals surface area (Å²) in [6, 6.07) is 7.72. The number of benzene rings is 1. The molecule has 1 aromatic carbocycles. The molecule has 4 heteroatoms. The predicted molar refractivity (Wildman–Crippen MR) is 75.7 cm³/mol. The first-order valence-electron chi connectivity index (χ1n) is 6.11. The SMILES string of the molecule is CCOC(O)CC(C)(C)COc1ccc(Br)cc1. The molecule has 102 valence electrons. The number of hydrogen-bond donors (Lipinski definition) is 1. The Hall–Kier alpha value is -0.580. The van der Waals surface area contributed by atoms with Gasteiger partial charge in [0.2, 0.25) is 0 Å². The number of aliphatic hydroxyl groups is 1. The molecule has 18 heavy (non-hydrogen) atoms. The standard InChI is InChI=1S/C14H21BrO3/c1-4-17-13(16)9-14(2,3)10-18-12-7-5-11(15)6-8-12/h5-8,13,16H,4,9-10H2,1-3H3. The van der Waals surface area contributed by atoms with Crippen LogP contribution in [0.4, 0.5) is 0 Å². The Morgan fingerprint density at radius 2 is 1.89 bits per heavy atom. The van der Waals surface area contributed by atoms with E-state index in [1.54, 1.807) is 0 Å². The van der Waals surface area contributed by atoms with Crippen molar-refractivity contribution in [2.75, 3.05) is 13.2 Å². The monoisotopic (exact) mass is 316 g/mol. The minimum absolute atomic E-state index is 0.137. The second-order valence-corrected chi connectivity index (χ2v) is 5.94. The average molecular weight is 317 g/mol. The highest BCUT2D eigenvalue weighted by Gasteiger charge is 2.23. The molecular weight excluding hydrogens is 296 g/mol. The van der Waals surface area contributed by atoms with Crippen molar-refractivity contribution in [3.8, 4) is 5.75 Å². The molecule has 3 nitrogen and oxygen atoms in total. The zero-order valence-corrected chi connectivity index (χ0v) is 12.7. The third-order valence-corrected chi connectivity index (χ3v) is 3.06. The van der Waals surface area contributed by atoms with Crippen molar-refractivity contribution in [3.63, 3.8) is 0 Å². The Bertz CT molecular complexity index is 349. The van der Waals surface area contributed by atoms with Crippen LogP contribution in [0.25, 0.3) is 0 Å². The molecule has 0 radical (unpaired) electrons. The van der Waals surface area contributed by atoms with Crippen molar-refractivity contribution < 1.29 is 14.6 Å². The van der Waals surface area contributed by atoms with Gasteiger partial charge >= 0.3 is 0 Å². The van der Waals surface area contributed by atoms with Crippen molar-refractivity contribution in [2.45, 2.75) is 33.5 Å². The minimum atomic E-state index is -0.724. The topological polar surface area (TPSA) is 38.7 Å². The van der Waals surface area contributed by atoms with E-state index in [-0.39, 0.29) is 5.41 Å². The largest absolute Gasteiger partial charge is 0.493 e. The van der Waals surface area contributed by atoms with E-state index in [2.05, 4.69) is 15.9 Å². The van der Waals surface area contributed by atoms with Crippen LogP contribution in [0.1, 0.15) is 27.2 Å².